The average molecular weight is 412 g/mol. The molecule has 0 saturated heterocycles. The van der Waals surface area contributed by atoms with Crippen LogP contribution in [-0.2, 0) is 6.42 Å². The zero-order valence-corrected chi connectivity index (χ0v) is 17.2. The van der Waals surface area contributed by atoms with Crippen molar-refractivity contribution in [2.45, 2.75) is 58.0 Å². The highest BCUT2D eigenvalue weighted by molar-refractivity contribution is 7.15. The third-order valence-electron chi connectivity index (χ3n) is 6.03. The van der Waals surface area contributed by atoms with E-state index in [2.05, 4.69) is 4.98 Å². The molecule has 2 aliphatic carbocycles. The van der Waals surface area contributed by atoms with Crippen LogP contribution < -0.4 is 11.2 Å². The maximum atomic E-state index is 15.4. The van der Waals surface area contributed by atoms with Gasteiger partial charge in [-0.15, -0.1) is 11.3 Å². The lowest BCUT2D eigenvalue weighted by Crippen LogP contribution is -2.20. The third kappa shape index (κ3) is 2.87. The number of fused-ring (bicyclic) bond motifs is 2. The Morgan fingerprint density at radius 1 is 1.34 bits per heavy atom. The average Bonchev–Trinajstić information content (AvgIpc) is 3.42. The number of halogens is 1. The van der Waals surface area contributed by atoms with Crippen LogP contribution in [0.1, 0.15) is 71.1 Å². The maximum Gasteiger partial charge on any atom is 0.202 e. The van der Waals surface area contributed by atoms with Crippen molar-refractivity contribution in [3.05, 3.63) is 49.9 Å². The molecule has 0 aromatic carbocycles. The van der Waals surface area contributed by atoms with Crippen molar-refractivity contribution < 1.29 is 9.18 Å². The van der Waals surface area contributed by atoms with Gasteiger partial charge in [-0.2, -0.15) is 0 Å². The number of carbonyl (C=O) groups is 1. The second kappa shape index (κ2) is 6.57. The normalized spacial score (nSPS) is 18.8. The smallest absolute Gasteiger partial charge is 0.202 e. The molecule has 2 aliphatic rings. The van der Waals surface area contributed by atoms with Crippen LogP contribution in [0, 0.1) is 12.7 Å². The van der Waals surface area contributed by atoms with Crippen molar-refractivity contribution in [3.8, 4) is 10.6 Å². The number of hydrogen-bond acceptors (Lipinski definition) is 5. The van der Waals surface area contributed by atoms with Crippen molar-refractivity contribution in [2.75, 3.05) is 0 Å². The van der Waals surface area contributed by atoms with Crippen LogP contribution in [-0.4, -0.2) is 15.3 Å². The van der Waals surface area contributed by atoms with E-state index in [1.165, 1.54) is 23.8 Å². The van der Waals surface area contributed by atoms with Crippen molar-refractivity contribution >= 4 is 28.2 Å². The zero-order chi connectivity index (χ0) is 20.4. The summed E-state index contributed by atoms with van der Waals surface area (Å²) in [6.45, 7) is 2.97. The summed E-state index contributed by atoms with van der Waals surface area (Å²) >= 11 is 1.50. The van der Waals surface area contributed by atoms with Crippen LogP contribution in [0.15, 0.2) is 17.1 Å². The van der Waals surface area contributed by atoms with Crippen molar-refractivity contribution in [1.29, 1.82) is 0 Å². The molecule has 0 bridgehead atoms. The minimum atomic E-state index is -0.496. The third-order valence-corrected chi connectivity index (χ3v) is 7.35. The van der Waals surface area contributed by atoms with Gasteiger partial charge in [0.25, 0.3) is 0 Å². The van der Waals surface area contributed by atoms with Gasteiger partial charge in [0.05, 0.1) is 15.8 Å². The summed E-state index contributed by atoms with van der Waals surface area (Å²) in [6.07, 6.45) is 6.45. The Morgan fingerprint density at radius 3 is 2.76 bits per heavy atom. The predicted molar refractivity (Wildman–Crippen MR) is 112 cm³/mol. The number of nitrogens with zero attached hydrogens (tertiary/aromatic N) is 2. The molecular weight excluding hydrogens is 389 g/mol. The minimum Gasteiger partial charge on any atom is -0.328 e. The van der Waals surface area contributed by atoms with E-state index in [-0.39, 0.29) is 40.1 Å². The number of hydrogen-bond donors (Lipinski definition) is 1. The second-order valence-corrected chi connectivity index (χ2v) is 9.25. The fourth-order valence-electron chi connectivity index (χ4n) is 4.28. The molecule has 2 N–H and O–H groups in total. The Hall–Kier alpha value is -2.38. The predicted octanol–water partition coefficient (Wildman–Crippen LogP) is 4.45. The molecule has 5 rings (SSSR count). The molecule has 3 aromatic rings. The van der Waals surface area contributed by atoms with E-state index in [1.54, 1.807) is 13.1 Å². The van der Waals surface area contributed by atoms with Crippen LogP contribution in [0.25, 0.3) is 21.6 Å². The first-order valence-electron chi connectivity index (χ1n) is 10.0. The summed E-state index contributed by atoms with van der Waals surface area (Å²) in [7, 11) is 0. The molecular formula is C22H22FN3O2S. The standard InChI is InChI=1S/C22H22FN3O2S/c1-10-17-20(28)14(11(2)27)9-26(13-6-7-13)22(17)25-19(18(10)23)16-8-12-4-3-5-15(24)21(12)29-16/h8-9,13,15H,3-7,24H2,1-2H3. The van der Waals surface area contributed by atoms with Gasteiger partial charge in [-0.3, -0.25) is 9.59 Å². The Morgan fingerprint density at radius 2 is 2.10 bits per heavy atom. The molecule has 3 aromatic heterocycles. The topological polar surface area (TPSA) is 78.0 Å². The molecule has 0 spiro atoms. The van der Waals surface area contributed by atoms with Gasteiger partial charge < -0.3 is 10.3 Å². The van der Waals surface area contributed by atoms with Crippen molar-refractivity contribution in [2.24, 2.45) is 5.73 Å². The molecule has 1 unspecified atom stereocenters. The molecule has 1 saturated carbocycles. The van der Waals surface area contributed by atoms with Crippen LogP contribution >= 0.6 is 11.3 Å². The molecule has 1 fully saturated rings. The van der Waals surface area contributed by atoms with E-state index in [0.29, 0.717) is 5.65 Å². The van der Waals surface area contributed by atoms with E-state index in [9.17, 15) is 9.59 Å². The van der Waals surface area contributed by atoms with Crippen LogP contribution in [0.4, 0.5) is 4.39 Å². The number of aromatic nitrogens is 2. The minimum absolute atomic E-state index is 0.00937. The second-order valence-electron chi connectivity index (χ2n) is 8.16. The lowest BCUT2D eigenvalue weighted by Gasteiger charge is -2.17. The molecule has 1 atom stereocenters. The number of aryl methyl sites for hydroxylation is 2. The molecule has 7 heteroatoms. The van der Waals surface area contributed by atoms with Gasteiger partial charge in [0.2, 0.25) is 5.43 Å². The number of pyridine rings is 2. The van der Waals surface area contributed by atoms with Gasteiger partial charge >= 0.3 is 0 Å². The molecule has 5 nitrogen and oxygen atoms in total. The summed E-state index contributed by atoms with van der Waals surface area (Å²) in [5, 5.41) is 0.212. The number of Topliss-reactive ketones (excluding diaryl/α,β-unsaturated/α-hetero) is 1. The monoisotopic (exact) mass is 411 g/mol. The number of rotatable bonds is 3. The first-order chi connectivity index (χ1) is 13.9. The first kappa shape index (κ1) is 18.6. The van der Waals surface area contributed by atoms with E-state index in [1.807, 2.05) is 10.6 Å². The quantitative estimate of drug-likeness (QED) is 0.646. The van der Waals surface area contributed by atoms with Gasteiger partial charge in [0.1, 0.15) is 11.3 Å². The largest absolute Gasteiger partial charge is 0.328 e. The summed E-state index contributed by atoms with van der Waals surface area (Å²) < 4.78 is 17.3. The molecule has 0 amide bonds. The van der Waals surface area contributed by atoms with E-state index in [0.717, 1.165) is 41.9 Å². The van der Waals surface area contributed by atoms with Gasteiger partial charge in [-0.1, -0.05) is 0 Å². The van der Waals surface area contributed by atoms with Gasteiger partial charge in [-0.05, 0) is 57.6 Å². The Bertz CT molecular complexity index is 1240. The van der Waals surface area contributed by atoms with Gasteiger partial charge in [0, 0.05) is 28.7 Å². The molecule has 29 heavy (non-hydrogen) atoms. The Balaban J connectivity index is 1.80. The molecule has 0 aliphatic heterocycles. The Kier molecular flexibility index (Phi) is 4.22. The van der Waals surface area contributed by atoms with E-state index < -0.39 is 11.2 Å². The summed E-state index contributed by atoms with van der Waals surface area (Å²) in [5.74, 6) is -0.806. The van der Waals surface area contributed by atoms with Crippen LogP contribution in [0.5, 0.6) is 0 Å². The van der Waals surface area contributed by atoms with Crippen molar-refractivity contribution in [1.82, 2.24) is 9.55 Å². The lowest BCUT2D eigenvalue weighted by atomic mass is 9.95. The highest BCUT2D eigenvalue weighted by Gasteiger charge is 2.30. The SMILES string of the molecule is CC(=O)c1cn(C2CC2)c2nc(-c3cc4c(s3)C(N)CCC4)c(F)c(C)c2c1=O. The van der Waals surface area contributed by atoms with E-state index in [4.69, 9.17) is 5.73 Å². The highest BCUT2D eigenvalue weighted by atomic mass is 32.1. The summed E-state index contributed by atoms with van der Waals surface area (Å²) in [6, 6.07) is 2.19. The highest BCUT2D eigenvalue weighted by Crippen LogP contribution is 2.42. The molecule has 3 heterocycles. The Labute approximate surface area is 171 Å². The van der Waals surface area contributed by atoms with Gasteiger partial charge in [0.15, 0.2) is 11.6 Å². The van der Waals surface area contributed by atoms with E-state index >= 15 is 4.39 Å². The fraction of sp³-hybridized carbons (Fsp3) is 0.409. The lowest BCUT2D eigenvalue weighted by molar-refractivity contribution is 0.101. The number of thiophene rings is 1. The number of ketones is 1. The van der Waals surface area contributed by atoms with Gasteiger partial charge in [-0.25, -0.2) is 9.37 Å². The summed E-state index contributed by atoms with van der Waals surface area (Å²) in [4.78, 5) is 31.4. The zero-order valence-electron chi connectivity index (χ0n) is 16.4. The molecule has 150 valence electrons. The molecule has 0 radical (unpaired) electrons. The van der Waals surface area contributed by atoms with Crippen molar-refractivity contribution in [3.63, 3.8) is 0 Å². The number of carbonyl (C=O) groups excluding carboxylic acids is 1. The number of nitrogens with two attached hydrogens (primary N) is 1. The van der Waals surface area contributed by atoms with Crippen LogP contribution in [0.2, 0.25) is 0 Å². The fourth-order valence-corrected chi connectivity index (χ4v) is 5.51. The summed E-state index contributed by atoms with van der Waals surface area (Å²) in [5.41, 5.74) is 8.07. The maximum absolute atomic E-state index is 15.4. The van der Waals surface area contributed by atoms with Crippen LogP contribution in [0.3, 0.4) is 0 Å². The first-order valence-corrected chi connectivity index (χ1v) is 10.8.